The van der Waals surface area contributed by atoms with Crippen molar-refractivity contribution in [3.05, 3.63) is 53.1 Å². The summed E-state index contributed by atoms with van der Waals surface area (Å²) in [5, 5.41) is 2.96. The molecule has 160 valence electrons. The van der Waals surface area contributed by atoms with E-state index in [0.29, 0.717) is 24.3 Å². The van der Waals surface area contributed by atoms with Gasteiger partial charge in [-0.05, 0) is 49.1 Å². The lowest BCUT2D eigenvalue weighted by atomic mass is 9.91. The maximum atomic E-state index is 12.3. The van der Waals surface area contributed by atoms with Gasteiger partial charge in [0, 0.05) is 29.8 Å². The van der Waals surface area contributed by atoms with Crippen molar-refractivity contribution in [3.63, 3.8) is 0 Å². The molecule has 1 N–H and O–H groups in total. The Morgan fingerprint density at radius 1 is 1.03 bits per heavy atom. The van der Waals surface area contributed by atoms with E-state index >= 15 is 0 Å². The molecule has 3 heterocycles. The summed E-state index contributed by atoms with van der Waals surface area (Å²) in [7, 11) is 3.22. The molecule has 2 saturated heterocycles. The van der Waals surface area contributed by atoms with E-state index in [9.17, 15) is 9.59 Å². The van der Waals surface area contributed by atoms with Crippen molar-refractivity contribution >= 4 is 23.2 Å². The number of hydrogen-bond acceptors (Lipinski definition) is 5. The molecule has 0 bridgehead atoms. The smallest absolute Gasteiger partial charge is 0.247 e. The number of rotatable bonds is 4. The van der Waals surface area contributed by atoms with Gasteiger partial charge in [0.1, 0.15) is 6.04 Å². The highest BCUT2D eigenvalue weighted by Gasteiger charge is 2.42. The predicted octanol–water partition coefficient (Wildman–Crippen LogP) is 2.48. The fourth-order valence-electron chi connectivity index (χ4n) is 4.61. The van der Waals surface area contributed by atoms with Gasteiger partial charge in [-0.25, -0.2) is 0 Å². The molecule has 2 atom stereocenters. The summed E-state index contributed by atoms with van der Waals surface area (Å²) >= 11 is 0. The number of carbonyl (C=O) groups excluding carboxylic acids is 2. The molecule has 0 aliphatic carbocycles. The van der Waals surface area contributed by atoms with Crippen molar-refractivity contribution in [2.45, 2.75) is 37.8 Å². The van der Waals surface area contributed by atoms with Gasteiger partial charge in [0.15, 0.2) is 11.5 Å². The van der Waals surface area contributed by atoms with Gasteiger partial charge in [0.2, 0.25) is 11.8 Å². The summed E-state index contributed by atoms with van der Waals surface area (Å²) in [4.78, 5) is 31.2. The summed E-state index contributed by atoms with van der Waals surface area (Å²) in [6.45, 7) is 0.753. The number of carbonyl (C=O) groups is 2. The highest BCUT2D eigenvalue weighted by Crippen LogP contribution is 2.36. The minimum atomic E-state index is -0.400. The molecular weight excluding hydrogens is 394 g/mol. The molecule has 0 aromatic heterocycles. The first kappa shape index (κ1) is 19.6. The molecule has 7 nitrogen and oxygen atoms in total. The zero-order valence-electron chi connectivity index (χ0n) is 17.7. The topological polar surface area (TPSA) is 80.2 Å². The molecule has 31 heavy (non-hydrogen) atoms. The molecule has 5 rings (SSSR count). The largest absolute Gasteiger partial charge is 0.493 e. The molecule has 2 aromatic rings. The van der Waals surface area contributed by atoms with E-state index in [4.69, 9.17) is 14.5 Å². The average molecular weight is 419 g/mol. The Hall–Kier alpha value is -3.35. The van der Waals surface area contributed by atoms with Gasteiger partial charge >= 0.3 is 0 Å². The van der Waals surface area contributed by atoms with Crippen LogP contribution in [0.15, 0.2) is 41.4 Å². The summed E-state index contributed by atoms with van der Waals surface area (Å²) in [5.41, 5.74) is 4.55. The summed E-state index contributed by atoms with van der Waals surface area (Å²) < 4.78 is 11.0. The lowest BCUT2D eigenvalue weighted by molar-refractivity contribution is -0.130. The van der Waals surface area contributed by atoms with Gasteiger partial charge in [-0.1, -0.05) is 12.1 Å². The van der Waals surface area contributed by atoms with Crippen molar-refractivity contribution < 1.29 is 19.1 Å². The number of benzene rings is 2. The average Bonchev–Trinajstić information content (AvgIpc) is 2.92. The van der Waals surface area contributed by atoms with Crippen LogP contribution in [0.5, 0.6) is 11.5 Å². The Balaban J connectivity index is 1.57. The first-order valence-corrected chi connectivity index (χ1v) is 10.6. The van der Waals surface area contributed by atoms with Gasteiger partial charge in [-0.3, -0.25) is 14.6 Å². The highest BCUT2D eigenvalue weighted by molar-refractivity contribution is 6.16. The Labute approximate surface area is 181 Å². The molecule has 2 unspecified atom stereocenters. The Morgan fingerprint density at radius 2 is 1.77 bits per heavy atom. The third kappa shape index (κ3) is 3.34. The molecule has 7 heteroatoms. The normalized spacial score (nSPS) is 22.4. The minimum Gasteiger partial charge on any atom is -0.493 e. The SMILES string of the molecule is COc1cc2c(cc1OC)C(c1ccc(N3CCCCC3=O)cc1)=NC1C(=O)NC1C2. The molecule has 3 aliphatic heterocycles. The predicted molar refractivity (Wildman–Crippen MR) is 117 cm³/mol. The first-order valence-electron chi connectivity index (χ1n) is 10.6. The minimum absolute atomic E-state index is 0.0212. The van der Waals surface area contributed by atoms with Gasteiger partial charge in [-0.2, -0.15) is 0 Å². The number of amides is 2. The first-order chi connectivity index (χ1) is 15.1. The highest BCUT2D eigenvalue weighted by atomic mass is 16.5. The molecule has 2 amide bonds. The number of β-lactam (4-membered cyclic amide) rings is 1. The lowest BCUT2D eigenvalue weighted by Crippen LogP contribution is -2.62. The monoisotopic (exact) mass is 419 g/mol. The molecule has 2 fully saturated rings. The zero-order chi connectivity index (χ0) is 21.5. The van der Waals surface area contributed by atoms with E-state index in [1.54, 1.807) is 14.2 Å². The summed E-state index contributed by atoms with van der Waals surface area (Å²) in [6, 6.07) is 11.4. The number of aliphatic imine (C=N–C) groups is 1. The second-order valence-corrected chi connectivity index (χ2v) is 8.16. The number of piperidine rings is 1. The van der Waals surface area contributed by atoms with Crippen LogP contribution in [0.1, 0.15) is 36.0 Å². The van der Waals surface area contributed by atoms with E-state index in [1.165, 1.54) is 0 Å². The van der Waals surface area contributed by atoms with E-state index < -0.39 is 6.04 Å². The van der Waals surface area contributed by atoms with E-state index in [1.807, 2.05) is 41.3 Å². The van der Waals surface area contributed by atoms with Gasteiger partial charge in [0.05, 0.1) is 26.0 Å². The zero-order valence-corrected chi connectivity index (χ0v) is 17.7. The number of fused-ring (bicyclic) bond motifs is 2. The van der Waals surface area contributed by atoms with E-state index in [2.05, 4.69) is 5.32 Å². The molecule has 0 spiro atoms. The quantitative estimate of drug-likeness (QED) is 0.772. The second-order valence-electron chi connectivity index (χ2n) is 8.16. The fraction of sp³-hybridized carbons (Fsp3) is 0.375. The number of ether oxygens (including phenoxy) is 2. The molecular formula is C24H25N3O4. The number of methoxy groups -OCH3 is 2. The van der Waals surface area contributed by atoms with Crippen LogP contribution >= 0.6 is 0 Å². The number of hydrogen-bond donors (Lipinski definition) is 1. The second kappa shape index (κ2) is 7.72. The van der Waals surface area contributed by atoms with Crippen LogP contribution in [0.2, 0.25) is 0 Å². The number of nitrogens with zero attached hydrogens (tertiary/aromatic N) is 2. The molecule has 2 aromatic carbocycles. The molecule has 0 radical (unpaired) electrons. The van der Waals surface area contributed by atoms with Crippen molar-refractivity contribution in [2.75, 3.05) is 25.7 Å². The van der Waals surface area contributed by atoms with E-state index in [0.717, 1.165) is 47.5 Å². The van der Waals surface area contributed by atoms with Crippen molar-refractivity contribution in [1.82, 2.24) is 5.32 Å². The van der Waals surface area contributed by atoms with Gasteiger partial charge < -0.3 is 19.7 Å². The maximum Gasteiger partial charge on any atom is 0.247 e. The van der Waals surface area contributed by atoms with Crippen molar-refractivity contribution in [1.29, 1.82) is 0 Å². The Kier molecular flexibility index (Phi) is 4.88. The number of anilines is 1. The van der Waals surface area contributed by atoms with Crippen molar-refractivity contribution in [2.24, 2.45) is 4.99 Å². The Bertz CT molecular complexity index is 1080. The summed E-state index contributed by atoms with van der Waals surface area (Å²) in [6.07, 6.45) is 3.26. The van der Waals surface area contributed by atoms with Crippen LogP contribution in [-0.2, 0) is 16.0 Å². The van der Waals surface area contributed by atoms with Crippen LogP contribution in [0.25, 0.3) is 0 Å². The summed E-state index contributed by atoms with van der Waals surface area (Å²) in [5.74, 6) is 1.40. The lowest BCUT2D eigenvalue weighted by Gasteiger charge is -2.33. The van der Waals surface area contributed by atoms with Crippen LogP contribution in [0.4, 0.5) is 5.69 Å². The third-order valence-electron chi connectivity index (χ3n) is 6.33. The van der Waals surface area contributed by atoms with Gasteiger partial charge in [0.25, 0.3) is 0 Å². The standard InChI is InChI=1S/C24H25N3O4/c1-30-19-12-15-11-18-23(24(29)25-18)26-22(17(15)13-20(19)31-2)14-6-8-16(9-7-14)27-10-4-3-5-21(27)28/h6-9,12-13,18,23H,3-5,10-11H2,1-2H3,(H,25,29). The molecule has 3 aliphatic rings. The van der Waals surface area contributed by atoms with Crippen LogP contribution < -0.4 is 19.7 Å². The van der Waals surface area contributed by atoms with Crippen LogP contribution in [0, 0.1) is 0 Å². The van der Waals surface area contributed by atoms with Crippen molar-refractivity contribution in [3.8, 4) is 11.5 Å². The van der Waals surface area contributed by atoms with Crippen LogP contribution in [-0.4, -0.2) is 50.4 Å². The van der Waals surface area contributed by atoms with Gasteiger partial charge in [-0.15, -0.1) is 0 Å². The Morgan fingerprint density at radius 3 is 2.45 bits per heavy atom. The molecule has 0 saturated carbocycles. The fourth-order valence-corrected chi connectivity index (χ4v) is 4.61. The maximum absolute atomic E-state index is 12.3. The van der Waals surface area contributed by atoms with E-state index in [-0.39, 0.29) is 17.9 Å². The number of nitrogens with one attached hydrogen (secondary N) is 1. The van der Waals surface area contributed by atoms with Crippen LogP contribution in [0.3, 0.4) is 0 Å². The third-order valence-corrected chi connectivity index (χ3v) is 6.33.